The molecule has 1 N–H and O–H groups in total. The third kappa shape index (κ3) is 5.18. The molecular weight excluding hydrogens is 400 g/mol. The number of nitrogens with one attached hydrogen (secondary N) is 1. The van der Waals surface area contributed by atoms with Gasteiger partial charge in [0.05, 0.1) is 18.6 Å². The van der Waals surface area contributed by atoms with Crippen molar-refractivity contribution in [3.05, 3.63) is 78.9 Å². The Morgan fingerprint density at radius 3 is 2.27 bits per heavy atom. The SMILES string of the molecule is CCOc1ccccc1N(CC(=O)Nc1ccccc1-c1ccccc1)S(C)(=O)=O. The summed E-state index contributed by atoms with van der Waals surface area (Å²) >= 11 is 0. The summed E-state index contributed by atoms with van der Waals surface area (Å²) in [5.41, 5.74) is 2.75. The first-order valence-corrected chi connectivity index (χ1v) is 11.4. The van der Waals surface area contributed by atoms with E-state index in [0.717, 1.165) is 21.7 Å². The zero-order chi connectivity index (χ0) is 21.6. The molecule has 0 saturated heterocycles. The molecule has 0 heterocycles. The number of anilines is 2. The lowest BCUT2D eigenvalue weighted by Crippen LogP contribution is -2.37. The number of para-hydroxylation sites is 3. The lowest BCUT2D eigenvalue weighted by Gasteiger charge is -2.24. The van der Waals surface area contributed by atoms with Crippen LogP contribution in [0.15, 0.2) is 78.9 Å². The summed E-state index contributed by atoms with van der Waals surface area (Å²) in [5, 5.41) is 2.85. The first-order chi connectivity index (χ1) is 14.4. The summed E-state index contributed by atoms with van der Waals surface area (Å²) in [4.78, 5) is 12.8. The minimum atomic E-state index is -3.72. The highest BCUT2D eigenvalue weighted by atomic mass is 32.2. The fraction of sp³-hybridized carbons (Fsp3) is 0.174. The van der Waals surface area contributed by atoms with E-state index < -0.39 is 15.9 Å². The van der Waals surface area contributed by atoms with Gasteiger partial charge in [-0.25, -0.2) is 8.42 Å². The van der Waals surface area contributed by atoms with E-state index in [9.17, 15) is 13.2 Å². The Labute approximate surface area is 177 Å². The minimum absolute atomic E-state index is 0.327. The summed E-state index contributed by atoms with van der Waals surface area (Å²) in [7, 11) is -3.72. The van der Waals surface area contributed by atoms with Gasteiger partial charge in [-0.15, -0.1) is 0 Å². The standard InChI is InChI=1S/C23H24N2O4S/c1-3-29-22-16-10-9-15-21(22)25(30(2,27)28)17-23(26)24-20-14-8-7-13-19(20)18-11-5-4-6-12-18/h4-16H,3,17H2,1-2H3,(H,24,26). The van der Waals surface area contributed by atoms with Crippen LogP contribution >= 0.6 is 0 Å². The molecule has 0 spiro atoms. The lowest BCUT2D eigenvalue weighted by molar-refractivity contribution is -0.114. The van der Waals surface area contributed by atoms with Gasteiger partial charge in [0.2, 0.25) is 15.9 Å². The Kier molecular flexibility index (Phi) is 6.74. The van der Waals surface area contributed by atoms with Crippen LogP contribution in [0.3, 0.4) is 0 Å². The fourth-order valence-electron chi connectivity index (χ4n) is 3.10. The Morgan fingerprint density at radius 2 is 1.57 bits per heavy atom. The van der Waals surface area contributed by atoms with Crippen molar-refractivity contribution in [2.75, 3.05) is 29.0 Å². The number of sulfonamides is 1. The average molecular weight is 425 g/mol. The molecule has 0 saturated carbocycles. The van der Waals surface area contributed by atoms with Crippen LogP contribution in [0.4, 0.5) is 11.4 Å². The number of carbonyl (C=O) groups excluding carboxylic acids is 1. The lowest BCUT2D eigenvalue weighted by atomic mass is 10.0. The number of hydrogen-bond acceptors (Lipinski definition) is 4. The first kappa shape index (κ1) is 21.4. The monoisotopic (exact) mass is 424 g/mol. The predicted molar refractivity (Wildman–Crippen MR) is 120 cm³/mol. The highest BCUT2D eigenvalue weighted by Gasteiger charge is 2.24. The second-order valence-corrected chi connectivity index (χ2v) is 8.54. The van der Waals surface area contributed by atoms with Gasteiger partial charge in [0.15, 0.2) is 0 Å². The molecule has 0 bridgehead atoms. The van der Waals surface area contributed by atoms with Crippen LogP contribution in [0.25, 0.3) is 11.1 Å². The Balaban J connectivity index is 1.88. The van der Waals surface area contributed by atoms with Crippen molar-refractivity contribution in [3.8, 4) is 16.9 Å². The van der Waals surface area contributed by atoms with Gasteiger partial charge in [0.1, 0.15) is 12.3 Å². The highest BCUT2D eigenvalue weighted by molar-refractivity contribution is 7.92. The molecule has 156 valence electrons. The van der Waals surface area contributed by atoms with Crippen molar-refractivity contribution in [1.29, 1.82) is 0 Å². The molecule has 0 unspecified atom stereocenters. The minimum Gasteiger partial charge on any atom is -0.492 e. The summed E-state index contributed by atoms with van der Waals surface area (Å²) in [6, 6.07) is 23.8. The van der Waals surface area contributed by atoms with Gasteiger partial charge < -0.3 is 10.1 Å². The Hall–Kier alpha value is -3.32. The number of nitrogens with zero attached hydrogens (tertiary/aromatic N) is 1. The van der Waals surface area contributed by atoms with Gasteiger partial charge in [-0.1, -0.05) is 60.7 Å². The predicted octanol–water partition coefficient (Wildman–Crippen LogP) is 4.16. The summed E-state index contributed by atoms with van der Waals surface area (Å²) in [5.74, 6) is -0.0435. The van der Waals surface area contributed by atoms with Crippen molar-refractivity contribution in [2.45, 2.75) is 6.92 Å². The summed E-state index contributed by atoms with van der Waals surface area (Å²) in [6.07, 6.45) is 1.07. The molecule has 7 heteroatoms. The Bertz CT molecular complexity index is 1110. The van der Waals surface area contributed by atoms with Crippen LogP contribution < -0.4 is 14.4 Å². The van der Waals surface area contributed by atoms with E-state index in [0.29, 0.717) is 23.7 Å². The molecule has 0 radical (unpaired) electrons. The topological polar surface area (TPSA) is 75.7 Å². The summed E-state index contributed by atoms with van der Waals surface area (Å²) < 4.78 is 31.5. The number of carbonyl (C=O) groups is 1. The number of hydrogen-bond donors (Lipinski definition) is 1. The van der Waals surface area contributed by atoms with E-state index in [1.54, 1.807) is 30.3 Å². The van der Waals surface area contributed by atoms with E-state index in [-0.39, 0.29) is 6.54 Å². The van der Waals surface area contributed by atoms with Gasteiger partial charge in [0, 0.05) is 11.3 Å². The van der Waals surface area contributed by atoms with Gasteiger partial charge in [-0.3, -0.25) is 9.10 Å². The molecule has 3 rings (SSSR count). The van der Waals surface area contributed by atoms with Gasteiger partial charge >= 0.3 is 0 Å². The highest BCUT2D eigenvalue weighted by Crippen LogP contribution is 2.31. The zero-order valence-electron chi connectivity index (χ0n) is 16.9. The number of amides is 1. The summed E-state index contributed by atoms with van der Waals surface area (Å²) in [6.45, 7) is 1.83. The third-order valence-corrected chi connectivity index (χ3v) is 5.53. The molecule has 0 aliphatic rings. The number of rotatable bonds is 8. The fourth-order valence-corrected chi connectivity index (χ4v) is 3.96. The maximum absolute atomic E-state index is 12.8. The molecule has 6 nitrogen and oxygen atoms in total. The van der Waals surface area contributed by atoms with Crippen LogP contribution in [-0.4, -0.2) is 33.7 Å². The molecule has 3 aromatic carbocycles. The maximum atomic E-state index is 12.8. The van der Waals surface area contributed by atoms with Gasteiger partial charge in [-0.05, 0) is 30.7 Å². The zero-order valence-corrected chi connectivity index (χ0v) is 17.7. The van der Waals surface area contributed by atoms with Crippen LogP contribution in [-0.2, 0) is 14.8 Å². The molecule has 1 amide bonds. The van der Waals surface area contributed by atoms with Crippen molar-refractivity contribution in [1.82, 2.24) is 0 Å². The molecule has 3 aromatic rings. The molecule has 0 aromatic heterocycles. The van der Waals surface area contributed by atoms with E-state index in [4.69, 9.17) is 4.74 Å². The third-order valence-electron chi connectivity index (χ3n) is 4.41. The van der Waals surface area contributed by atoms with Crippen molar-refractivity contribution in [2.24, 2.45) is 0 Å². The smallest absolute Gasteiger partial charge is 0.245 e. The van der Waals surface area contributed by atoms with Crippen LogP contribution in [0.1, 0.15) is 6.92 Å². The first-order valence-electron chi connectivity index (χ1n) is 9.54. The largest absolute Gasteiger partial charge is 0.492 e. The van der Waals surface area contributed by atoms with Crippen molar-refractivity contribution >= 4 is 27.3 Å². The molecule has 0 fully saturated rings. The normalized spacial score (nSPS) is 11.0. The van der Waals surface area contributed by atoms with E-state index in [1.165, 1.54) is 0 Å². The Morgan fingerprint density at radius 1 is 0.933 bits per heavy atom. The quantitative estimate of drug-likeness (QED) is 0.589. The molecular formula is C23H24N2O4S. The number of ether oxygens (including phenoxy) is 1. The number of benzene rings is 3. The van der Waals surface area contributed by atoms with Crippen LogP contribution in [0.5, 0.6) is 5.75 Å². The van der Waals surface area contributed by atoms with Gasteiger partial charge in [0.25, 0.3) is 0 Å². The maximum Gasteiger partial charge on any atom is 0.245 e. The molecule has 30 heavy (non-hydrogen) atoms. The van der Waals surface area contributed by atoms with Crippen LogP contribution in [0.2, 0.25) is 0 Å². The van der Waals surface area contributed by atoms with Crippen molar-refractivity contribution in [3.63, 3.8) is 0 Å². The second-order valence-electron chi connectivity index (χ2n) is 6.63. The average Bonchev–Trinajstić information content (AvgIpc) is 2.73. The molecule has 0 aliphatic carbocycles. The second kappa shape index (κ2) is 9.45. The van der Waals surface area contributed by atoms with E-state index in [2.05, 4.69) is 5.32 Å². The van der Waals surface area contributed by atoms with Gasteiger partial charge in [-0.2, -0.15) is 0 Å². The molecule has 0 aliphatic heterocycles. The van der Waals surface area contributed by atoms with Crippen LogP contribution in [0, 0.1) is 0 Å². The van der Waals surface area contributed by atoms with E-state index in [1.807, 2.05) is 55.5 Å². The van der Waals surface area contributed by atoms with E-state index >= 15 is 0 Å². The van der Waals surface area contributed by atoms with Crippen molar-refractivity contribution < 1.29 is 17.9 Å². The molecule has 0 atom stereocenters.